The fourth-order valence-corrected chi connectivity index (χ4v) is 0.978. The van der Waals surface area contributed by atoms with Crippen molar-refractivity contribution in [3.05, 3.63) is 0 Å². The first kappa shape index (κ1) is 16.5. The van der Waals surface area contributed by atoms with Gasteiger partial charge in [0, 0.05) is 6.42 Å². The second-order valence-electron chi connectivity index (χ2n) is 4.94. The lowest BCUT2D eigenvalue weighted by atomic mass is 9.81. The highest BCUT2D eigenvalue weighted by Gasteiger charge is 2.70. The van der Waals surface area contributed by atoms with Crippen LogP contribution in [-0.2, 0) is 0 Å². The summed E-state index contributed by atoms with van der Waals surface area (Å²) < 4.78 is 73.6. The van der Waals surface area contributed by atoms with Crippen molar-refractivity contribution in [1.82, 2.24) is 0 Å². The molecular formula is C9H14F6O2. The summed E-state index contributed by atoms with van der Waals surface area (Å²) >= 11 is 0. The van der Waals surface area contributed by atoms with Crippen LogP contribution in [0.25, 0.3) is 0 Å². The van der Waals surface area contributed by atoms with Gasteiger partial charge in [-0.3, -0.25) is 0 Å². The molecule has 0 saturated carbocycles. The third-order valence-corrected chi connectivity index (χ3v) is 2.43. The van der Waals surface area contributed by atoms with Crippen molar-refractivity contribution in [2.24, 2.45) is 5.41 Å². The van der Waals surface area contributed by atoms with E-state index in [1.165, 1.54) is 20.8 Å². The summed E-state index contributed by atoms with van der Waals surface area (Å²) in [4.78, 5) is 0. The van der Waals surface area contributed by atoms with E-state index in [2.05, 4.69) is 0 Å². The van der Waals surface area contributed by atoms with Gasteiger partial charge in [0.05, 0.1) is 6.10 Å². The number of alkyl halides is 6. The maximum absolute atomic E-state index is 12.3. The lowest BCUT2D eigenvalue weighted by Crippen LogP contribution is -2.59. The van der Waals surface area contributed by atoms with Gasteiger partial charge in [0.1, 0.15) is 0 Å². The van der Waals surface area contributed by atoms with E-state index in [0.717, 1.165) is 0 Å². The van der Waals surface area contributed by atoms with Crippen molar-refractivity contribution in [3.63, 3.8) is 0 Å². The predicted molar refractivity (Wildman–Crippen MR) is 47.1 cm³/mol. The largest absolute Gasteiger partial charge is 0.426 e. The Kier molecular flexibility index (Phi) is 4.18. The molecule has 0 radical (unpaired) electrons. The monoisotopic (exact) mass is 268 g/mol. The SMILES string of the molecule is CC(C)(C)[C@@H](O)CC(O)(C(F)(F)F)C(F)(F)F. The second kappa shape index (κ2) is 4.31. The van der Waals surface area contributed by atoms with Gasteiger partial charge >= 0.3 is 12.4 Å². The van der Waals surface area contributed by atoms with Crippen LogP contribution in [0.3, 0.4) is 0 Å². The van der Waals surface area contributed by atoms with Gasteiger partial charge in [0.15, 0.2) is 0 Å². The molecule has 0 unspecified atom stereocenters. The first-order valence-electron chi connectivity index (χ1n) is 4.67. The zero-order valence-corrected chi connectivity index (χ0v) is 9.45. The second-order valence-corrected chi connectivity index (χ2v) is 4.94. The zero-order chi connectivity index (χ0) is 14.3. The Morgan fingerprint density at radius 2 is 1.18 bits per heavy atom. The molecule has 0 aliphatic carbocycles. The van der Waals surface area contributed by atoms with Gasteiger partial charge in [-0.05, 0) is 5.41 Å². The van der Waals surface area contributed by atoms with Crippen molar-refractivity contribution in [1.29, 1.82) is 0 Å². The van der Waals surface area contributed by atoms with Crippen molar-refractivity contribution in [2.45, 2.75) is 51.2 Å². The molecule has 0 aliphatic rings. The van der Waals surface area contributed by atoms with Crippen molar-refractivity contribution in [2.75, 3.05) is 0 Å². The topological polar surface area (TPSA) is 40.5 Å². The minimum atomic E-state index is -5.89. The maximum Gasteiger partial charge on any atom is 0.426 e. The van der Waals surface area contributed by atoms with Gasteiger partial charge in [-0.1, -0.05) is 20.8 Å². The Bertz CT molecular complexity index is 248. The third-order valence-electron chi connectivity index (χ3n) is 2.43. The molecule has 0 bridgehead atoms. The summed E-state index contributed by atoms with van der Waals surface area (Å²) in [5, 5.41) is 18.1. The highest BCUT2D eigenvalue weighted by atomic mass is 19.4. The van der Waals surface area contributed by atoms with Crippen LogP contribution in [0.1, 0.15) is 27.2 Å². The van der Waals surface area contributed by atoms with Crippen molar-refractivity contribution >= 4 is 0 Å². The normalized spacial score (nSPS) is 17.1. The molecule has 0 amide bonds. The Labute approximate surface area is 94.2 Å². The molecule has 0 aliphatic heterocycles. The van der Waals surface area contributed by atoms with Gasteiger partial charge in [-0.2, -0.15) is 26.3 Å². The Morgan fingerprint density at radius 1 is 0.882 bits per heavy atom. The predicted octanol–water partition coefficient (Wildman–Crippen LogP) is 2.64. The fourth-order valence-electron chi connectivity index (χ4n) is 0.978. The number of hydrogen-bond acceptors (Lipinski definition) is 2. The van der Waals surface area contributed by atoms with E-state index in [9.17, 15) is 31.4 Å². The van der Waals surface area contributed by atoms with E-state index in [-0.39, 0.29) is 0 Å². The van der Waals surface area contributed by atoms with Gasteiger partial charge in [0.2, 0.25) is 0 Å². The average molecular weight is 268 g/mol. The quantitative estimate of drug-likeness (QED) is 0.756. The molecule has 0 fully saturated rings. The number of rotatable bonds is 2. The van der Waals surface area contributed by atoms with Crippen LogP contribution in [0.2, 0.25) is 0 Å². The van der Waals surface area contributed by atoms with E-state index >= 15 is 0 Å². The van der Waals surface area contributed by atoms with Crippen molar-refractivity contribution < 1.29 is 36.6 Å². The summed E-state index contributed by atoms with van der Waals surface area (Å²) in [6.07, 6.45) is -15.6. The van der Waals surface area contributed by atoms with Gasteiger partial charge in [-0.15, -0.1) is 0 Å². The van der Waals surface area contributed by atoms with Gasteiger partial charge in [-0.25, -0.2) is 0 Å². The third kappa shape index (κ3) is 3.48. The fraction of sp³-hybridized carbons (Fsp3) is 1.00. The zero-order valence-electron chi connectivity index (χ0n) is 9.45. The highest BCUT2D eigenvalue weighted by molar-refractivity contribution is 4.97. The van der Waals surface area contributed by atoms with Crippen LogP contribution >= 0.6 is 0 Å². The molecule has 0 spiro atoms. The smallest absolute Gasteiger partial charge is 0.392 e. The lowest BCUT2D eigenvalue weighted by Gasteiger charge is -2.37. The molecule has 0 rings (SSSR count). The van der Waals surface area contributed by atoms with Gasteiger partial charge < -0.3 is 10.2 Å². The molecule has 17 heavy (non-hydrogen) atoms. The first-order valence-corrected chi connectivity index (χ1v) is 4.67. The van der Waals surface area contributed by atoms with E-state index in [1.807, 2.05) is 0 Å². The molecule has 0 saturated heterocycles. The number of hydrogen-bond donors (Lipinski definition) is 2. The molecule has 2 nitrogen and oxygen atoms in total. The van der Waals surface area contributed by atoms with Crippen LogP contribution in [-0.4, -0.2) is 34.3 Å². The molecule has 104 valence electrons. The van der Waals surface area contributed by atoms with Crippen LogP contribution in [0.5, 0.6) is 0 Å². The summed E-state index contributed by atoms with van der Waals surface area (Å²) in [5.74, 6) is 0. The first-order chi connectivity index (χ1) is 7.13. The van der Waals surface area contributed by atoms with E-state index in [1.54, 1.807) is 0 Å². The Balaban J connectivity index is 5.27. The number of aliphatic hydroxyl groups is 2. The minimum absolute atomic E-state index is 1.20. The number of aliphatic hydroxyl groups excluding tert-OH is 1. The Hall–Kier alpha value is -0.500. The van der Waals surface area contributed by atoms with Gasteiger partial charge in [0.25, 0.3) is 5.60 Å². The molecule has 0 heterocycles. The summed E-state index contributed by atoms with van der Waals surface area (Å²) in [6.45, 7) is 3.81. The molecule has 2 N–H and O–H groups in total. The molecule has 0 aromatic carbocycles. The van der Waals surface area contributed by atoms with Crippen LogP contribution < -0.4 is 0 Å². The Morgan fingerprint density at radius 3 is 1.35 bits per heavy atom. The summed E-state index contributed by atoms with van der Waals surface area (Å²) in [6, 6.07) is 0. The van der Waals surface area contributed by atoms with E-state index in [0.29, 0.717) is 0 Å². The maximum atomic E-state index is 12.3. The minimum Gasteiger partial charge on any atom is -0.392 e. The standard InChI is InChI=1S/C9H14F6O2/c1-6(2,3)5(16)4-7(17,8(10,11)12)9(13,14)15/h5,16-17H,4H2,1-3H3/t5-/m0/s1. The van der Waals surface area contributed by atoms with Crippen LogP contribution in [0.4, 0.5) is 26.3 Å². The van der Waals surface area contributed by atoms with E-state index in [4.69, 9.17) is 5.11 Å². The van der Waals surface area contributed by atoms with Crippen LogP contribution in [0.15, 0.2) is 0 Å². The molecule has 1 atom stereocenters. The number of halogens is 6. The van der Waals surface area contributed by atoms with E-state index < -0.39 is 35.9 Å². The average Bonchev–Trinajstić information content (AvgIpc) is 1.97. The molecule has 0 aromatic heterocycles. The highest BCUT2D eigenvalue weighted by Crippen LogP contribution is 2.47. The lowest BCUT2D eigenvalue weighted by molar-refractivity contribution is -0.375. The summed E-state index contributed by atoms with van der Waals surface area (Å²) in [7, 11) is 0. The molecule has 8 heteroatoms. The van der Waals surface area contributed by atoms with Crippen LogP contribution in [0, 0.1) is 5.41 Å². The van der Waals surface area contributed by atoms with Crippen molar-refractivity contribution in [3.8, 4) is 0 Å². The molecule has 0 aromatic rings. The molecular weight excluding hydrogens is 254 g/mol. The summed E-state index contributed by atoms with van der Waals surface area (Å²) in [5.41, 5.74) is -6.10.